The van der Waals surface area contributed by atoms with Crippen molar-refractivity contribution in [2.24, 2.45) is 0 Å². The number of carbonyl (C=O) groups is 2. The highest BCUT2D eigenvalue weighted by Gasteiger charge is 2.29. The molecule has 1 aliphatic rings. The van der Waals surface area contributed by atoms with Gasteiger partial charge in [-0.1, -0.05) is 24.3 Å². The Morgan fingerprint density at radius 1 is 1.17 bits per heavy atom. The largest absolute Gasteiger partial charge is 0.451 e. The van der Waals surface area contributed by atoms with Crippen molar-refractivity contribution in [1.82, 2.24) is 9.62 Å². The fourth-order valence-corrected chi connectivity index (χ4v) is 4.73. The third-order valence-electron chi connectivity index (χ3n) is 4.78. The molecule has 29 heavy (non-hydrogen) atoms. The zero-order valence-corrected chi connectivity index (χ0v) is 16.5. The van der Waals surface area contributed by atoms with Gasteiger partial charge in [0.25, 0.3) is 5.91 Å². The smallest absolute Gasteiger partial charge is 0.291 e. The van der Waals surface area contributed by atoms with E-state index in [0.29, 0.717) is 16.8 Å². The summed E-state index contributed by atoms with van der Waals surface area (Å²) in [6, 6.07) is 13.3. The topological polar surface area (TPSA) is 109 Å². The van der Waals surface area contributed by atoms with E-state index in [1.807, 2.05) is 18.2 Å². The zero-order chi connectivity index (χ0) is 20.6. The number of fused-ring (bicyclic) bond motifs is 1. The number of nitrogens with zero attached hydrogens (tertiary/aromatic N) is 1. The summed E-state index contributed by atoms with van der Waals surface area (Å²) >= 11 is 0. The number of sulfonamides is 1. The number of para-hydroxylation sites is 1. The molecule has 0 spiro atoms. The first-order chi connectivity index (χ1) is 13.9. The molecule has 1 aromatic heterocycles. The van der Waals surface area contributed by atoms with Crippen LogP contribution in [-0.4, -0.2) is 44.2 Å². The van der Waals surface area contributed by atoms with Crippen molar-refractivity contribution in [2.75, 3.05) is 25.0 Å². The number of piperazine rings is 1. The van der Waals surface area contributed by atoms with Gasteiger partial charge in [0.2, 0.25) is 15.9 Å². The Morgan fingerprint density at radius 2 is 1.97 bits per heavy atom. The molecule has 1 aliphatic heterocycles. The lowest BCUT2D eigenvalue weighted by Crippen LogP contribution is -2.49. The van der Waals surface area contributed by atoms with Crippen LogP contribution in [0.15, 0.2) is 57.8 Å². The number of aryl methyl sites for hydroxylation is 1. The first kappa shape index (κ1) is 19.2. The molecular formula is C20H19N3O5S. The molecule has 0 atom stereocenters. The van der Waals surface area contributed by atoms with Crippen LogP contribution in [0.5, 0.6) is 0 Å². The van der Waals surface area contributed by atoms with Crippen molar-refractivity contribution < 1.29 is 22.4 Å². The average Bonchev–Trinajstić information content (AvgIpc) is 3.05. The fraction of sp³-hybridized carbons (Fsp3) is 0.200. The Morgan fingerprint density at radius 3 is 2.72 bits per heavy atom. The van der Waals surface area contributed by atoms with Crippen LogP contribution in [0.3, 0.4) is 0 Å². The van der Waals surface area contributed by atoms with Crippen LogP contribution in [0.25, 0.3) is 11.0 Å². The van der Waals surface area contributed by atoms with Gasteiger partial charge in [0.1, 0.15) is 5.58 Å². The summed E-state index contributed by atoms with van der Waals surface area (Å²) in [5.74, 6) is -0.637. The van der Waals surface area contributed by atoms with Gasteiger partial charge in [-0.2, -0.15) is 4.31 Å². The summed E-state index contributed by atoms with van der Waals surface area (Å²) in [5, 5.41) is 6.13. The highest BCUT2D eigenvalue weighted by molar-refractivity contribution is 7.89. The maximum Gasteiger partial charge on any atom is 0.291 e. The maximum absolute atomic E-state index is 12.8. The summed E-state index contributed by atoms with van der Waals surface area (Å²) in [7, 11) is -3.85. The van der Waals surface area contributed by atoms with Gasteiger partial charge in [0.05, 0.1) is 11.4 Å². The second-order valence-corrected chi connectivity index (χ2v) is 8.66. The Bertz CT molecular complexity index is 1220. The van der Waals surface area contributed by atoms with Gasteiger partial charge in [0.15, 0.2) is 5.76 Å². The summed E-state index contributed by atoms with van der Waals surface area (Å²) in [5.41, 5.74) is 1.63. The fourth-order valence-electron chi connectivity index (χ4n) is 3.28. The van der Waals surface area contributed by atoms with E-state index in [9.17, 15) is 18.0 Å². The first-order valence-corrected chi connectivity index (χ1v) is 10.5. The molecule has 0 radical (unpaired) electrons. The Kier molecular flexibility index (Phi) is 4.85. The predicted molar refractivity (Wildman–Crippen MR) is 107 cm³/mol. The number of hydrogen-bond acceptors (Lipinski definition) is 5. The van der Waals surface area contributed by atoms with Crippen LogP contribution in [-0.2, 0) is 14.8 Å². The molecule has 0 unspecified atom stereocenters. The van der Waals surface area contributed by atoms with Gasteiger partial charge < -0.3 is 15.1 Å². The molecule has 0 bridgehead atoms. The average molecular weight is 413 g/mol. The molecule has 2 heterocycles. The van der Waals surface area contributed by atoms with Crippen molar-refractivity contribution in [2.45, 2.75) is 11.8 Å². The van der Waals surface area contributed by atoms with Crippen molar-refractivity contribution in [1.29, 1.82) is 0 Å². The maximum atomic E-state index is 12.8. The van der Waals surface area contributed by atoms with E-state index in [1.54, 1.807) is 19.1 Å². The van der Waals surface area contributed by atoms with Crippen LogP contribution in [0, 0.1) is 6.92 Å². The van der Waals surface area contributed by atoms with E-state index in [4.69, 9.17) is 4.42 Å². The van der Waals surface area contributed by atoms with Crippen LogP contribution >= 0.6 is 0 Å². The van der Waals surface area contributed by atoms with E-state index < -0.39 is 15.9 Å². The number of nitrogens with one attached hydrogen (secondary N) is 2. The number of rotatable bonds is 4. The molecule has 4 rings (SSSR count). The second kappa shape index (κ2) is 7.34. The Balaban J connectivity index is 1.59. The molecule has 0 aliphatic carbocycles. The molecule has 1 saturated heterocycles. The molecule has 1 fully saturated rings. The van der Waals surface area contributed by atoms with Gasteiger partial charge in [-0.25, -0.2) is 8.42 Å². The minimum Gasteiger partial charge on any atom is -0.451 e. The lowest BCUT2D eigenvalue weighted by Gasteiger charge is -2.26. The number of carbonyl (C=O) groups excluding carboxylic acids is 2. The quantitative estimate of drug-likeness (QED) is 0.681. The minimum atomic E-state index is -3.85. The van der Waals surface area contributed by atoms with Gasteiger partial charge in [-0.3, -0.25) is 9.59 Å². The van der Waals surface area contributed by atoms with Crippen molar-refractivity contribution in [3.63, 3.8) is 0 Å². The highest BCUT2D eigenvalue weighted by atomic mass is 32.2. The zero-order valence-electron chi connectivity index (χ0n) is 15.6. The van der Waals surface area contributed by atoms with Crippen LogP contribution < -0.4 is 10.6 Å². The first-order valence-electron chi connectivity index (χ1n) is 9.02. The summed E-state index contributed by atoms with van der Waals surface area (Å²) < 4.78 is 32.4. The molecule has 0 saturated carbocycles. The van der Waals surface area contributed by atoms with Gasteiger partial charge in [0, 0.05) is 29.7 Å². The Hall–Kier alpha value is -3.17. The van der Waals surface area contributed by atoms with Crippen LogP contribution in [0.4, 0.5) is 5.69 Å². The molecule has 150 valence electrons. The second-order valence-electron chi connectivity index (χ2n) is 6.72. The van der Waals surface area contributed by atoms with Crippen molar-refractivity contribution >= 4 is 38.5 Å². The van der Waals surface area contributed by atoms with E-state index in [-0.39, 0.29) is 36.2 Å². The van der Waals surface area contributed by atoms with Crippen molar-refractivity contribution in [3.05, 3.63) is 59.9 Å². The van der Waals surface area contributed by atoms with Crippen LogP contribution in [0.1, 0.15) is 16.1 Å². The lowest BCUT2D eigenvalue weighted by molar-refractivity contribution is -0.122. The van der Waals surface area contributed by atoms with E-state index >= 15 is 0 Å². The van der Waals surface area contributed by atoms with Crippen molar-refractivity contribution in [3.8, 4) is 0 Å². The van der Waals surface area contributed by atoms with Gasteiger partial charge in [-0.05, 0) is 31.2 Å². The summed E-state index contributed by atoms with van der Waals surface area (Å²) in [6.07, 6.45) is 0. The highest BCUT2D eigenvalue weighted by Crippen LogP contribution is 2.26. The predicted octanol–water partition coefficient (Wildman–Crippen LogP) is 2.11. The number of amides is 2. The standard InChI is InChI=1S/C20H19N3O5S/c1-13-16-7-2-3-8-17(16)28-19(13)20(25)22-14-5-4-6-15(11-14)29(26,27)23-10-9-21-18(24)12-23/h2-8,11H,9-10,12H2,1H3,(H,21,24)(H,22,25). The van der Waals surface area contributed by atoms with Gasteiger partial charge >= 0.3 is 0 Å². The number of furan rings is 1. The number of hydrogen-bond donors (Lipinski definition) is 2. The minimum absolute atomic E-state index is 0.00586. The molecule has 2 aromatic carbocycles. The molecule has 9 heteroatoms. The normalized spacial score (nSPS) is 15.3. The van der Waals surface area contributed by atoms with E-state index in [2.05, 4.69) is 10.6 Å². The lowest BCUT2D eigenvalue weighted by atomic mass is 10.1. The molecular weight excluding hydrogens is 394 g/mol. The Labute approximate surface area is 167 Å². The van der Waals surface area contributed by atoms with Gasteiger partial charge in [-0.15, -0.1) is 0 Å². The number of benzene rings is 2. The summed E-state index contributed by atoms with van der Waals surface area (Å²) in [4.78, 5) is 24.2. The van der Waals surface area contributed by atoms with E-state index in [0.717, 1.165) is 9.69 Å². The number of anilines is 1. The van der Waals surface area contributed by atoms with Crippen LogP contribution in [0.2, 0.25) is 0 Å². The summed E-state index contributed by atoms with van der Waals surface area (Å²) in [6.45, 7) is 2.03. The SMILES string of the molecule is Cc1c(C(=O)Nc2cccc(S(=O)(=O)N3CCNC(=O)C3)c2)oc2ccccc12. The monoisotopic (exact) mass is 413 g/mol. The third-order valence-corrected chi connectivity index (χ3v) is 6.62. The molecule has 8 nitrogen and oxygen atoms in total. The molecule has 2 N–H and O–H groups in total. The van der Waals surface area contributed by atoms with E-state index in [1.165, 1.54) is 18.2 Å². The third kappa shape index (κ3) is 3.62. The molecule has 3 aromatic rings. The molecule has 2 amide bonds.